The van der Waals surface area contributed by atoms with Crippen LogP contribution in [0.25, 0.3) is 0 Å². The van der Waals surface area contributed by atoms with Crippen LogP contribution in [-0.2, 0) is 10.0 Å². The van der Waals surface area contributed by atoms with E-state index in [2.05, 4.69) is 4.72 Å². The van der Waals surface area contributed by atoms with Crippen LogP contribution in [0, 0.1) is 12.8 Å². The Hall–Kier alpha value is -0.620. The van der Waals surface area contributed by atoms with Gasteiger partial charge in [0.05, 0.1) is 4.90 Å². The molecular weight excluding hydrogens is 272 g/mol. The average molecular weight is 291 g/mol. The summed E-state index contributed by atoms with van der Waals surface area (Å²) < 4.78 is 26.7. The molecule has 0 amide bonds. The monoisotopic (exact) mass is 290 g/mol. The van der Waals surface area contributed by atoms with Crippen LogP contribution in [0.4, 0.5) is 0 Å². The molecule has 6 heteroatoms. The van der Waals surface area contributed by atoms with Crippen LogP contribution in [0.2, 0.25) is 5.02 Å². The van der Waals surface area contributed by atoms with Gasteiger partial charge in [-0.3, -0.25) is 0 Å². The van der Waals surface area contributed by atoms with Crippen molar-refractivity contribution in [2.75, 3.05) is 6.54 Å². The molecule has 102 valence electrons. The van der Waals surface area contributed by atoms with E-state index in [1.807, 2.05) is 13.8 Å². The third-order valence-corrected chi connectivity index (χ3v) is 4.85. The molecule has 0 radical (unpaired) electrons. The highest BCUT2D eigenvalue weighted by molar-refractivity contribution is 7.89. The molecule has 0 aromatic heterocycles. The molecule has 1 aromatic carbocycles. The smallest absolute Gasteiger partial charge is 0.240 e. The number of nitrogens with one attached hydrogen (secondary N) is 1. The second kappa shape index (κ2) is 6.02. The molecule has 0 bridgehead atoms. The summed E-state index contributed by atoms with van der Waals surface area (Å²) in [4.78, 5) is 0.200. The minimum atomic E-state index is -3.56. The van der Waals surface area contributed by atoms with Gasteiger partial charge in [0.2, 0.25) is 10.0 Å². The van der Waals surface area contributed by atoms with Crippen LogP contribution in [0.3, 0.4) is 0 Å². The van der Waals surface area contributed by atoms with E-state index < -0.39 is 10.0 Å². The second-order valence-electron chi connectivity index (χ2n) is 4.62. The Morgan fingerprint density at radius 3 is 2.56 bits per heavy atom. The van der Waals surface area contributed by atoms with Gasteiger partial charge in [-0.05, 0) is 30.5 Å². The van der Waals surface area contributed by atoms with Gasteiger partial charge in [0.1, 0.15) is 0 Å². The molecule has 0 aliphatic carbocycles. The fourth-order valence-electron chi connectivity index (χ4n) is 1.40. The molecule has 0 saturated carbocycles. The molecule has 3 N–H and O–H groups in total. The standard InChI is InChI=1S/C12H19ClN2O2S/c1-8(2)11(14)7-15-18(16,17)12-6-4-5-10(13)9(12)3/h4-6,8,11,15H,7,14H2,1-3H3. The Balaban J connectivity index is 2.91. The lowest BCUT2D eigenvalue weighted by Gasteiger charge is -2.17. The first-order valence-electron chi connectivity index (χ1n) is 5.76. The summed E-state index contributed by atoms with van der Waals surface area (Å²) in [5, 5.41) is 0.436. The largest absolute Gasteiger partial charge is 0.326 e. The van der Waals surface area contributed by atoms with Crippen LogP contribution < -0.4 is 10.5 Å². The van der Waals surface area contributed by atoms with E-state index in [0.29, 0.717) is 10.6 Å². The maximum atomic E-state index is 12.1. The van der Waals surface area contributed by atoms with E-state index >= 15 is 0 Å². The van der Waals surface area contributed by atoms with E-state index in [0.717, 1.165) is 0 Å². The van der Waals surface area contributed by atoms with Crippen LogP contribution >= 0.6 is 11.6 Å². The van der Waals surface area contributed by atoms with E-state index in [9.17, 15) is 8.42 Å². The van der Waals surface area contributed by atoms with Crippen molar-refractivity contribution >= 4 is 21.6 Å². The molecular formula is C12H19ClN2O2S. The quantitative estimate of drug-likeness (QED) is 0.870. The van der Waals surface area contributed by atoms with Crippen LogP contribution in [0.5, 0.6) is 0 Å². The second-order valence-corrected chi connectivity index (χ2v) is 6.77. The van der Waals surface area contributed by atoms with Crippen molar-refractivity contribution in [1.29, 1.82) is 0 Å². The van der Waals surface area contributed by atoms with Gasteiger partial charge in [0, 0.05) is 17.6 Å². The van der Waals surface area contributed by atoms with Gasteiger partial charge in [-0.15, -0.1) is 0 Å². The summed E-state index contributed by atoms with van der Waals surface area (Å²) in [6.45, 7) is 5.79. The van der Waals surface area contributed by atoms with Crippen molar-refractivity contribution in [2.45, 2.75) is 31.7 Å². The van der Waals surface area contributed by atoms with Gasteiger partial charge in [0.25, 0.3) is 0 Å². The normalized spacial score (nSPS) is 13.9. The lowest BCUT2D eigenvalue weighted by atomic mass is 10.1. The number of nitrogens with two attached hydrogens (primary N) is 1. The van der Waals surface area contributed by atoms with Gasteiger partial charge in [0.15, 0.2) is 0 Å². The number of hydrogen-bond donors (Lipinski definition) is 2. The molecule has 1 atom stereocenters. The van der Waals surface area contributed by atoms with E-state index in [-0.39, 0.29) is 23.4 Å². The molecule has 0 aliphatic rings. The number of hydrogen-bond acceptors (Lipinski definition) is 3. The predicted molar refractivity (Wildman–Crippen MR) is 74.2 cm³/mol. The molecule has 1 rings (SSSR count). The van der Waals surface area contributed by atoms with Crippen molar-refractivity contribution < 1.29 is 8.42 Å². The fourth-order valence-corrected chi connectivity index (χ4v) is 2.97. The summed E-state index contributed by atoms with van der Waals surface area (Å²) in [6, 6.07) is 4.60. The molecule has 1 unspecified atom stereocenters. The van der Waals surface area contributed by atoms with Crippen LogP contribution in [0.1, 0.15) is 19.4 Å². The highest BCUT2D eigenvalue weighted by atomic mass is 35.5. The molecule has 4 nitrogen and oxygen atoms in total. The summed E-state index contributed by atoms with van der Waals surface area (Å²) >= 11 is 5.92. The zero-order valence-corrected chi connectivity index (χ0v) is 12.3. The Labute approximate surface area is 114 Å². The maximum Gasteiger partial charge on any atom is 0.240 e. The lowest BCUT2D eigenvalue weighted by Crippen LogP contribution is -2.40. The van der Waals surface area contributed by atoms with E-state index in [4.69, 9.17) is 17.3 Å². The number of rotatable bonds is 5. The Morgan fingerprint density at radius 1 is 1.39 bits per heavy atom. The first kappa shape index (κ1) is 15.4. The molecule has 0 spiro atoms. The fraction of sp³-hybridized carbons (Fsp3) is 0.500. The molecule has 0 fully saturated rings. The molecule has 18 heavy (non-hydrogen) atoms. The summed E-state index contributed by atoms with van der Waals surface area (Å²) in [5.41, 5.74) is 6.36. The van der Waals surface area contributed by atoms with Crippen molar-refractivity contribution in [2.24, 2.45) is 11.7 Å². The molecule has 0 aliphatic heterocycles. The first-order chi connectivity index (χ1) is 8.25. The first-order valence-corrected chi connectivity index (χ1v) is 7.62. The highest BCUT2D eigenvalue weighted by Crippen LogP contribution is 2.22. The molecule has 1 aromatic rings. The summed E-state index contributed by atoms with van der Waals surface area (Å²) in [6.07, 6.45) is 0. The van der Waals surface area contributed by atoms with Crippen molar-refractivity contribution in [3.8, 4) is 0 Å². The van der Waals surface area contributed by atoms with Crippen LogP contribution in [-0.4, -0.2) is 21.0 Å². The predicted octanol–water partition coefficient (Wildman–Crippen LogP) is 1.91. The Bertz CT molecular complexity index is 515. The highest BCUT2D eigenvalue weighted by Gasteiger charge is 2.19. The van der Waals surface area contributed by atoms with Gasteiger partial charge < -0.3 is 5.73 Å². The molecule has 0 heterocycles. The Kier molecular flexibility index (Phi) is 5.16. The number of sulfonamides is 1. The van der Waals surface area contributed by atoms with Gasteiger partial charge in [-0.2, -0.15) is 0 Å². The average Bonchev–Trinajstić information content (AvgIpc) is 2.29. The van der Waals surface area contributed by atoms with Gasteiger partial charge in [-0.25, -0.2) is 13.1 Å². The van der Waals surface area contributed by atoms with Crippen molar-refractivity contribution in [3.63, 3.8) is 0 Å². The van der Waals surface area contributed by atoms with Crippen molar-refractivity contribution in [1.82, 2.24) is 4.72 Å². The minimum Gasteiger partial charge on any atom is -0.326 e. The zero-order chi connectivity index (χ0) is 13.9. The maximum absolute atomic E-state index is 12.1. The van der Waals surface area contributed by atoms with E-state index in [1.54, 1.807) is 19.1 Å². The topological polar surface area (TPSA) is 72.2 Å². The summed E-state index contributed by atoms with van der Waals surface area (Å²) in [7, 11) is -3.56. The zero-order valence-electron chi connectivity index (χ0n) is 10.8. The van der Waals surface area contributed by atoms with Gasteiger partial charge >= 0.3 is 0 Å². The van der Waals surface area contributed by atoms with Crippen molar-refractivity contribution in [3.05, 3.63) is 28.8 Å². The van der Waals surface area contributed by atoms with Gasteiger partial charge in [-0.1, -0.05) is 31.5 Å². The third-order valence-electron chi connectivity index (χ3n) is 2.87. The summed E-state index contributed by atoms with van der Waals surface area (Å²) in [5.74, 6) is 0.216. The third kappa shape index (κ3) is 3.68. The number of benzene rings is 1. The SMILES string of the molecule is Cc1c(Cl)cccc1S(=O)(=O)NCC(N)C(C)C. The Morgan fingerprint density at radius 2 is 2.00 bits per heavy atom. The van der Waals surface area contributed by atoms with E-state index in [1.165, 1.54) is 6.07 Å². The number of halogens is 1. The minimum absolute atomic E-state index is 0.200. The molecule has 0 saturated heterocycles. The lowest BCUT2D eigenvalue weighted by molar-refractivity contribution is 0.481. The van der Waals surface area contributed by atoms with Crippen LogP contribution in [0.15, 0.2) is 23.1 Å².